The minimum atomic E-state index is -0.115. The number of hydrazone groups is 1. The highest BCUT2D eigenvalue weighted by atomic mass is 16.2. The molecule has 4 rings (SSSR count). The average molecular weight is 370 g/mol. The Bertz CT molecular complexity index is 942. The summed E-state index contributed by atoms with van der Waals surface area (Å²) in [7, 11) is 0. The molecule has 28 heavy (non-hydrogen) atoms. The first-order valence-corrected chi connectivity index (χ1v) is 9.46. The van der Waals surface area contributed by atoms with Gasteiger partial charge in [0.1, 0.15) is 5.71 Å². The summed E-state index contributed by atoms with van der Waals surface area (Å²) in [6.07, 6.45) is 3.04. The monoisotopic (exact) mass is 370 g/mol. The van der Waals surface area contributed by atoms with Crippen LogP contribution in [0.25, 0.3) is 0 Å². The number of carbonyl (C=O) groups excluding carboxylic acids is 1. The first-order chi connectivity index (χ1) is 13.8. The fourth-order valence-corrected chi connectivity index (χ4v) is 3.35. The van der Waals surface area contributed by atoms with Gasteiger partial charge in [-0.15, -0.1) is 0 Å². The second-order valence-electron chi connectivity index (χ2n) is 6.68. The number of benzene rings is 2. The zero-order valence-electron chi connectivity index (χ0n) is 15.5. The summed E-state index contributed by atoms with van der Waals surface area (Å²) >= 11 is 0. The lowest BCUT2D eigenvalue weighted by molar-refractivity contribution is -0.114. The van der Waals surface area contributed by atoms with E-state index in [0.717, 1.165) is 16.9 Å². The number of rotatable bonds is 6. The fourth-order valence-electron chi connectivity index (χ4n) is 3.35. The highest BCUT2D eigenvalue weighted by Crippen LogP contribution is 2.34. The molecule has 0 bridgehead atoms. The molecule has 1 unspecified atom stereocenters. The number of nitrogens with one attached hydrogen (secondary N) is 1. The number of aromatic nitrogens is 1. The van der Waals surface area contributed by atoms with Crippen LogP contribution in [-0.2, 0) is 11.2 Å². The van der Waals surface area contributed by atoms with Gasteiger partial charge in [0.2, 0.25) is 0 Å². The van der Waals surface area contributed by atoms with Crippen LogP contribution in [0.15, 0.2) is 90.2 Å². The predicted molar refractivity (Wildman–Crippen MR) is 111 cm³/mol. The molecule has 1 N–H and O–H groups in total. The van der Waals surface area contributed by atoms with Gasteiger partial charge in [0.15, 0.2) is 0 Å². The quantitative estimate of drug-likeness (QED) is 0.719. The molecule has 0 saturated heterocycles. The Labute approximate surface area is 164 Å². The van der Waals surface area contributed by atoms with E-state index in [9.17, 15) is 4.79 Å². The van der Waals surface area contributed by atoms with Crippen LogP contribution in [0.3, 0.4) is 0 Å². The smallest absolute Gasteiger partial charge is 0.267 e. The minimum absolute atomic E-state index is 0.0140. The Hall–Kier alpha value is -3.47. The van der Waals surface area contributed by atoms with Crippen molar-refractivity contribution in [2.24, 2.45) is 5.10 Å². The normalized spacial score (nSPS) is 15.9. The van der Waals surface area contributed by atoms with Gasteiger partial charge in [-0.2, -0.15) is 5.10 Å². The molecule has 1 atom stereocenters. The van der Waals surface area contributed by atoms with Gasteiger partial charge in [-0.1, -0.05) is 54.6 Å². The Balaban J connectivity index is 1.48. The molecular formula is C23H22N4O. The maximum Gasteiger partial charge on any atom is 0.267 e. The molecule has 1 aromatic heterocycles. The number of amides is 1. The molecule has 0 radical (unpaired) electrons. The maximum absolute atomic E-state index is 12.7. The van der Waals surface area contributed by atoms with Crippen LogP contribution in [0.2, 0.25) is 0 Å². The molecule has 1 aliphatic heterocycles. The van der Waals surface area contributed by atoms with E-state index >= 15 is 0 Å². The zero-order valence-corrected chi connectivity index (χ0v) is 15.5. The van der Waals surface area contributed by atoms with Gasteiger partial charge < -0.3 is 5.32 Å². The second kappa shape index (κ2) is 8.48. The van der Waals surface area contributed by atoms with Crippen molar-refractivity contribution in [3.63, 3.8) is 0 Å². The van der Waals surface area contributed by atoms with Gasteiger partial charge in [0, 0.05) is 31.3 Å². The van der Waals surface area contributed by atoms with Crippen LogP contribution < -0.4 is 10.3 Å². The van der Waals surface area contributed by atoms with Gasteiger partial charge in [0.25, 0.3) is 5.91 Å². The molecule has 2 heterocycles. The van der Waals surface area contributed by atoms with E-state index in [1.165, 1.54) is 0 Å². The van der Waals surface area contributed by atoms with E-state index in [0.29, 0.717) is 25.1 Å². The van der Waals surface area contributed by atoms with Crippen molar-refractivity contribution < 1.29 is 4.79 Å². The molecule has 1 aliphatic rings. The van der Waals surface area contributed by atoms with Crippen LogP contribution in [0.1, 0.15) is 23.7 Å². The lowest BCUT2D eigenvalue weighted by Crippen LogP contribution is -2.32. The number of hydrogen-bond acceptors (Lipinski definition) is 4. The maximum atomic E-state index is 12.7. The molecule has 0 spiro atoms. The number of para-hydroxylation sites is 1. The van der Waals surface area contributed by atoms with E-state index in [2.05, 4.69) is 27.5 Å². The third-order valence-electron chi connectivity index (χ3n) is 4.77. The first-order valence-electron chi connectivity index (χ1n) is 9.46. The summed E-state index contributed by atoms with van der Waals surface area (Å²) in [4.78, 5) is 17.0. The summed E-state index contributed by atoms with van der Waals surface area (Å²) in [5, 5.41) is 9.59. The first kappa shape index (κ1) is 17.9. The van der Waals surface area contributed by atoms with Crippen molar-refractivity contribution in [3.05, 3.63) is 96.3 Å². The van der Waals surface area contributed by atoms with Crippen LogP contribution in [0.5, 0.6) is 0 Å². The Morgan fingerprint density at radius 1 is 0.964 bits per heavy atom. The van der Waals surface area contributed by atoms with Crippen LogP contribution in [0.4, 0.5) is 5.69 Å². The number of nitrogens with zero attached hydrogens (tertiary/aromatic N) is 3. The molecule has 5 nitrogen and oxygen atoms in total. The standard InChI is InChI=1S/C23H22N4O/c28-23(25-16-14-19-11-7-8-15-24-19)21-17-22(18-9-3-1-4-10-18)27(26-21)20-12-5-2-6-13-20/h1-13,15,22H,14,16-17H2,(H,25,28). The highest BCUT2D eigenvalue weighted by molar-refractivity contribution is 6.39. The van der Waals surface area contributed by atoms with Gasteiger partial charge in [-0.3, -0.25) is 14.8 Å². The number of anilines is 1. The van der Waals surface area contributed by atoms with E-state index < -0.39 is 0 Å². The second-order valence-corrected chi connectivity index (χ2v) is 6.68. The molecule has 3 aromatic rings. The van der Waals surface area contributed by atoms with Crippen molar-refractivity contribution in [3.8, 4) is 0 Å². The average Bonchev–Trinajstić information content (AvgIpc) is 3.21. The van der Waals surface area contributed by atoms with Gasteiger partial charge >= 0.3 is 0 Å². The van der Waals surface area contributed by atoms with Gasteiger partial charge in [0.05, 0.1) is 11.7 Å². The van der Waals surface area contributed by atoms with Crippen molar-refractivity contribution in [2.75, 3.05) is 11.6 Å². The molecule has 140 valence electrons. The van der Waals surface area contributed by atoms with E-state index in [1.54, 1.807) is 6.20 Å². The van der Waals surface area contributed by atoms with Gasteiger partial charge in [-0.25, -0.2) is 0 Å². The van der Waals surface area contributed by atoms with Crippen LogP contribution >= 0.6 is 0 Å². The summed E-state index contributed by atoms with van der Waals surface area (Å²) in [6, 6.07) is 26.0. The third-order valence-corrected chi connectivity index (χ3v) is 4.77. The highest BCUT2D eigenvalue weighted by Gasteiger charge is 2.32. The Morgan fingerprint density at radius 2 is 1.68 bits per heavy atom. The van der Waals surface area contributed by atoms with E-state index in [4.69, 9.17) is 0 Å². The SMILES string of the molecule is O=C(NCCc1ccccn1)C1=NN(c2ccccc2)C(c2ccccc2)C1. The van der Waals surface area contributed by atoms with Crippen molar-refractivity contribution in [1.29, 1.82) is 0 Å². The predicted octanol–water partition coefficient (Wildman–Crippen LogP) is 3.75. The summed E-state index contributed by atoms with van der Waals surface area (Å²) in [6.45, 7) is 0.538. The summed E-state index contributed by atoms with van der Waals surface area (Å²) in [5.41, 5.74) is 3.64. The topological polar surface area (TPSA) is 57.6 Å². The number of pyridine rings is 1. The molecule has 2 aromatic carbocycles. The Kier molecular flexibility index (Phi) is 5.43. The zero-order chi connectivity index (χ0) is 19.2. The fraction of sp³-hybridized carbons (Fsp3) is 0.174. The molecule has 1 amide bonds. The van der Waals surface area contributed by atoms with Gasteiger partial charge in [-0.05, 0) is 29.8 Å². The largest absolute Gasteiger partial charge is 0.351 e. The van der Waals surface area contributed by atoms with Crippen LogP contribution in [-0.4, -0.2) is 23.1 Å². The van der Waals surface area contributed by atoms with Crippen molar-refractivity contribution in [1.82, 2.24) is 10.3 Å². The lowest BCUT2D eigenvalue weighted by Gasteiger charge is -2.23. The Morgan fingerprint density at radius 3 is 2.39 bits per heavy atom. The van der Waals surface area contributed by atoms with E-state index in [1.807, 2.05) is 71.7 Å². The van der Waals surface area contributed by atoms with Crippen molar-refractivity contribution in [2.45, 2.75) is 18.9 Å². The van der Waals surface area contributed by atoms with Crippen LogP contribution in [0, 0.1) is 0 Å². The molecular weight excluding hydrogens is 348 g/mol. The molecule has 0 fully saturated rings. The summed E-state index contributed by atoms with van der Waals surface area (Å²) in [5.74, 6) is -0.115. The summed E-state index contributed by atoms with van der Waals surface area (Å²) < 4.78 is 0. The van der Waals surface area contributed by atoms with Crippen molar-refractivity contribution >= 4 is 17.3 Å². The number of hydrogen-bond donors (Lipinski definition) is 1. The lowest BCUT2D eigenvalue weighted by atomic mass is 10.0. The molecule has 0 aliphatic carbocycles. The minimum Gasteiger partial charge on any atom is -0.351 e. The molecule has 5 heteroatoms. The van der Waals surface area contributed by atoms with E-state index in [-0.39, 0.29) is 11.9 Å². The number of carbonyl (C=O) groups is 1. The molecule has 0 saturated carbocycles. The third kappa shape index (κ3) is 4.09.